The summed E-state index contributed by atoms with van der Waals surface area (Å²) in [6, 6.07) is 10.4. The number of anilines is 2. The average Bonchev–Trinajstić information content (AvgIpc) is 2.54. The molecular formula is C18H25N3O3S. The first kappa shape index (κ1) is 19.2. The van der Waals surface area contributed by atoms with Crippen LogP contribution in [-0.4, -0.2) is 36.9 Å². The first-order valence-electron chi connectivity index (χ1n) is 8.17. The van der Waals surface area contributed by atoms with Crippen LogP contribution in [0, 0.1) is 0 Å². The number of para-hydroxylation sites is 2. The number of ether oxygens (including phenoxy) is 1. The summed E-state index contributed by atoms with van der Waals surface area (Å²) in [5, 5.41) is 3.13. The largest absolute Gasteiger partial charge is 0.495 e. The first-order chi connectivity index (χ1) is 11.8. The van der Waals surface area contributed by atoms with Gasteiger partial charge in [0.1, 0.15) is 16.5 Å². The maximum atomic E-state index is 12.8. The second-order valence-corrected chi connectivity index (χ2v) is 8.07. The number of pyridine rings is 1. The molecule has 7 heteroatoms. The lowest BCUT2D eigenvalue weighted by Crippen LogP contribution is -2.41. The Morgan fingerprint density at radius 2 is 1.68 bits per heavy atom. The summed E-state index contributed by atoms with van der Waals surface area (Å²) >= 11 is 0. The zero-order chi connectivity index (χ0) is 18.6. The minimum atomic E-state index is -3.58. The third-order valence-corrected chi connectivity index (χ3v) is 5.93. The van der Waals surface area contributed by atoms with Crippen LogP contribution in [0.15, 0.2) is 47.5 Å². The number of sulfonamides is 1. The predicted octanol–water partition coefficient (Wildman–Crippen LogP) is 3.64. The van der Waals surface area contributed by atoms with Gasteiger partial charge in [0.2, 0.25) is 10.0 Å². The highest BCUT2D eigenvalue weighted by atomic mass is 32.2. The fraction of sp³-hybridized carbons (Fsp3) is 0.389. The third-order valence-electron chi connectivity index (χ3n) is 3.70. The second kappa shape index (κ2) is 7.84. The molecule has 1 heterocycles. The molecule has 0 atom stereocenters. The molecule has 2 rings (SSSR count). The van der Waals surface area contributed by atoms with Crippen molar-refractivity contribution in [3.63, 3.8) is 0 Å². The summed E-state index contributed by atoms with van der Waals surface area (Å²) in [4.78, 5) is 4.43. The molecule has 1 aromatic carbocycles. The number of benzene rings is 1. The van der Waals surface area contributed by atoms with Crippen molar-refractivity contribution in [2.45, 2.75) is 44.7 Å². The van der Waals surface area contributed by atoms with Gasteiger partial charge in [0.15, 0.2) is 0 Å². The van der Waals surface area contributed by atoms with E-state index in [0.717, 1.165) is 5.69 Å². The zero-order valence-corrected chi connectivity index (χ0v) is 16.0. The van der Waals surface area contributed by atoms with E-state index in [2.05, 4.69) is 10.3 Å². The Balaban J connectivity index is 2.27. The average molecular weight is 363 g/mol. The molecule has 0 spiro atoms. The van der Waals surface area contributed by atoms with Crippen molar-refractivity contribution >= 4 is 21.5 Å². The molecular weight excluding hydrogens is 338 g/mol. The van der Waals surface area contributed by atoms with Crippen LogP contribution in [0.5, 0.6) is 5.75 Å². The molecule has 0 unspecified atom stereocenters. The normalized spacial score (nSPS) is 12.0. The summed E-state index contributed by atoms with van der Waals surface area (Å²) in [5.41, 5.74) is 0.763. The number of hydrogen-bond acceptors (Lipinski definition) is 5. The molecule has 0 aliphatic rings. The summed E-state index contributed by atoms with van der Waals surface area (Å²) in [6.07, 6.45) is 1.38. The number of hydrogen-bond donors (Lipinski definition) is 1. The predicted molar refractivity (Wildman–Crippen MR) is 99.8 cm³/mol. The molecule has 136 valence electrons. The number of nitrogens with zero attached hydrogens (tertiary/aromatic N) is 2. The number of aromatic nitrogens is 1. The van der Waals surface area contributed by atoms with Gasteiger partial charge in [-0.25, -0.2) is 13.4 Å². The maximum Gasteiger partial charge on any atom is 0.245 e. The molecule has 6 nitrogen and oxygen atoms in total. The van der Waals surface area contributed by atoms with Crippen LogP contribution < -0.4 is 10.1 Å². The monoisotopic (exact) mass is 363 g/mol. The van der Waals surface area contributed by atoms with Gasteiger partial charge in [0.25, 0.3) is 0 Å². The highest BCUT2D eigenvalue weighted by Crippen LogP contribution is 2.27. The van der Waals surface area contributed by atoms with Crippen LogP contribution in [0.1, 0.15) is 27.7 Å². The van der Waals surface area contributed by atoms with Crippen molar-refractivity contribution in [3.8, 4) is 5.75 Å². The summed E-state index contributed by atoms with van der Waals surface area (Å²) in [6.45, 7) is 7.45. The third kappa shape index (κ3) is 4.29. The molecule has 0 radical (unpaired) electrons. The first-order valence-corrected chi connectivity index (χ1v) is 9.61. The topological polar surface area (TPSA) is 71.5 Å². The standard InChI is InChI=1S/C18H25N3O3S/c1-13(2)21(14(3)4)25(22,23)15-10-11-18(19-12-15)20-16-8-6-7-9-17(16)24-5/h6-14H,1-5H3,(H,19,20). The summed E-state index contributed by atoms with van der Waals surface area (Å²) < 4.78 is 32.4. The van der Waals surface area contributed by atoms with E-state index in [1.165, 1.54) is 10.5 Å². The highest BCUT2D eigenvalue weighted by Gasteiger charge is 2.29. The van der Waals surface area contributed by atoms with E-state index < -0.39 is 10.0 Å². The fourth-order valence-corrected chi connectivity index (χ4v) is 4.55. The van der Waals surface area contributed by atoms with Crippen molar-refractivity contribution in [2.75, 3.05) is 12.4 Å². The lowest BCUT2D eigenvalue weighted by molar-refractivity contribution is 0.302. The lowest BCUT2D eigenvalue weighted by atomic mass is 10.3. The Kier molecular flexibility index (Phi) is 6.02. The van der Waals surface area contributed by atoms with Gasteiger partial charge in [-0.05, 0) is 52.0 Å². The quantitative estimate of drug-likeness (QED) is 0.813. The van der Waals surface area contributed by atoms with E-state index in [0.29, 0.717) is 11.6 Å². The van der Waals surface area contributed by atoms with Crippen molar-refractivity contribution < 1.29 is 13.2 Å². The SMILES string of the molecule is COc1ccccc1Nc1ccc(S(=O)(=O)N(C(C)C)C(C)C)cn1. The maximum absolute atomic E-state index is 12.8. The molecule has 0 aliphatic heterocycles. The van der Waals surface area contributed by atoms with E-state index in [4.69, 9.17) is 4.74 Å². The number of nitrogens with one attached hydrogen (secondary N) is 1. The Labute approximate surface area is 149 Å². The van der Waals surface area contributed by atoms with Crippen molar-refractivity contribution in [1.82, 2.24) is 9.29 Å². The Bertz CT molecular complexity index is 795. The molecule has 0 bridgehead atoms. The van der Waals surface area contributed by atoms with Crippen LogP contribution in [0.25, 0.3) is 0 Å². The summed E-state index contributed by atoms with van der Waals surface area (Å²) in [7, 11) is -1.99. The molecule has 0 fully saturated rings. The minimum Gasteiger partial charge on any atom is -0.495 e. The molecule has 0 saturated heterocycles. The van der Waals surface area contributed by atoms with Gasteiger partial charge in [-0.15, -0.1) is 0 Å². The van der Waals surface area contributed by atoms with E-state index in [1.54, 1.807) is 19.2 Å². The highest BCUT2D eigenvalue weighted by molar-refractivity contribution is 7.89. The van der Waals surface area contributed by atoms with E-state index in [9.17, 15) is 8.42 Å². The van der Waals surface area contributed by atoms with Crippen LogP contribution in [0.4, 0.5) is 11.5 Å². The number of rotatable bonds is 7. The van der Waals surface area contributed by atoms with Gasteiger partial charge in [-0.2, -0.15) is 4.31 Å². The Morgan fingerprint density at radius 1 is 1.04 bits per heavy atom. The van der Waals surface area contributed by atoms with Crippen LogP contribution in [0.3, 0.4) is 0 Å². The number of methoxy groups -OCH3 is 1. The van der Waals surface area contributed by atoms with Crippen molar-refractivity contribution in [3.05, 3.63) is 42.6 Å². The van der Waals surface area contributed by atoms with Crippen LogP contribution in [0.2, 0.25) is 0 Å². The van der Waals surface area contributed by atoms with Crippen molar-refractivity contribution in [1.29, 1.82) is 0 Å². The van der Waals surface area contributed by atoms with Gasteiger partial charge in [-0.1, -0.05) is 12.1 Å². The molecule has 1 aromatic heterocycles. The second-order valence-electron chi connectivity index (χ2n) is 6.23. The Morgan fingerprint density at radius 3 is 2.20 bits per heavy atom. The molecule has 0 saturated carbocycles. The molecule has 25 heavy (non-hydrogen) atoms. The van der Waals surface area contributed by atoms with Gasteiger partial charge in [-0.3, -0.25) is 0 Å². The zero-order valence-electron chi connectivity index (χ0n) is 15.2. The van der Waals surface area contributed by atoms with Crippen LogP contribution >= 0.6 is 0 Å². The van der Waals surface area contributed by atoms with Gasteiger partial charge in [0, 0.05) is 18.3 Å². The van der Waals surface area contributed by atoms with E-state index in [-0.39, 0.29) is 17.0 Å². The van der Waals surface area contributed by atoms with Crippen molar-refractivity contribution in [2.24, 2.45) is 0 Å². The smallest absolute Gasteiger partial charge is 0.245 e. The van der Waals surface area contributed by atoms with Crippen LogP contribution in [-0.2, 0) is 10.0 Å². The molecule has 0 aliphatic carbocycles. The van der Waals surface area contributed by atoms with Gasteiger partial charge >= 0.3 is 0 Å². The minimum absolute atomic E-state index is 0.128. The molecule has 2 aromatic rings. The van der Waals surface area contributed by atoms with Gasteiger partial charge < -0.3 is 10.1 Å². The van der Waals surface area contributed by atoms with Gasteiger partial charge in [0.05, 0.1) is 12.8 Å². The molecule has 1 N–H and O–H groups in total. The summed E-state index contributed by atoms with van der Waals surface area (Å²) in [5.74, 6) is 1.23. The van der Waals surface area contributed by atoms with E-state index >= 15 is 0 Å². The Hall–Kier alpha value is -2.12. The lowest BCUT2D eigenvalue weighted by Gasteiger charge is -2.29. The molecule has 0 amide bonds. The fourth-order valence-electron chi connectivity index (χ4n) is 2.77. The van der Waals surface area contributed by atoms with E-state index in [1.807, 2.05) is 52.0 Å².